The number of benzene rings is 2. The molecule has 4 rings (SSSR count). The Labute approximate surface area is 173 Å². The standard InChI is InChI=1S/C23H22FNO5/c1-29-17-10-6-15(7-11-17)21(26)19-20(14-4-8-16(24)9-5-14)25(23(28)22(19)27)13-18-3-2-12-30-18/h4-11,18,20,26H,2-3,12-13H2,1H3/t18-,20+/m0/s1. The van der Waals surface area contributed by atoms with Crippen LogP contribution in [0.5, 0.6) is 5.75 Å². The molecular weight excluding hydrogens is 389 g/mol. The molecule has 2 aromatic rings. The first-order chi connectivity index (χ1) is 14.5. The van der Waals surface area contributed by atoms with Gasteiger partial charge in [0.25, 0.3) is 11.7 Å². The Morgan fingerprint density at radius 1 is 1.17 bits per heavy atom. The lowest BCUT2D eigenvalue weighted by Gasteiger charge is -2.27. The molecule has 7 heteroatoms. The molecule has 156 valence electrons. The third-order valence-electron chi connectivity index (χ3n) is 5.51. The minimum absolute atomic E-state index is 0.0187. The first-order valence-electron chi connectivity index (χ1n) is 9.79. The summed E-state index contributed by atoms with van der Waals surface area (Å²) < 4.78 is 24.3. The second-order valence-electron chi connectivity index (χ2n) is 7.37. The van der Waals surface area contributed by atoms with E-state index in [9.17, 15) is 19.1 Å². The van der Waals surface area contributed by atoms with Crippen LogP contribution in [0.4, 0.5) is 4.39 Å². The topological polar surface area (TPSA) is 76.1 Å². The molecule has 6 nitrogen and oxygen atoms in total. The van der Waals surface area contributed by atoms with Gasteiger partial charge in [-0.3, -0.25) is 9.59 Å². The number of nitrogens with zero attached hydrogens (tertiary/aromatic N) is 1. The molecule has 0 radical (unpaired) electrons. The summed E-state index contributed by atoms with van der Waals surface area (Å²) in [5.41, 5.74) is 0.913. The Morgan fingerprint density at radius 3 is 2.47 bits per heavy atom. The molecule has 0 saturated carbocycles. The van der Waals surface area contributed by atoms with E-state index in [1.54, 1.807) is 24.3 Å². The van der Waals surface area contributed by atoms with Gasteiger partial charge in [-0.2, -0.15) is 0 Å². The third-order valence-corrected chi connectivity index (χ3v) is 5.51. The van der Waals surface area contributed by atoms with Crippen molar-refractivity contribution in [1.29, 1.82) is 0 Å². The molecule has 1 N–H and O–H groups in total. The van der Waals surface area contributed by atoms with Crippen LogP contribution >= 0.6 is 0 Å². The van der Waals surface area contributed by atoms with Crippen molar-refractivity contribution in [2.45, 2.75) is 25.0 Å². The number of hydrogen-bond donors (Lipinski definition) is 1. The Bertz CT molecular complexity index is 978. The zero-order chi connectivity index (χ0) is 21.3. The molecule has 0 aliphatic carbocycles. The number of aliphatic hydroxyl groups is 1. The molecular formula is C23H22FNO5. The summed E-state index contributed by atoms with van der Waals surface area (Å²) in [6, 6.07) is 11.3. The molecule has 2 fully saturated rings. The number of rotatable bonds is 5. The van der Waals surface area contributed by atoms with Gasteiger partial charge in [0.1, 0.15) is 17.3 Å². The fraction of sp³-hybridized carbons (Fsp3) is 0.304. The van der Waals surface area contributed by atoms with Crippen LogP contribution in [0.1, 0.15) is 30.0 Å². The van der Waals surface area contributed by atoms with Crippen LogP contribution < -0.4 is 4.74 Å². The van der Waals surface area contributed by atoms with E-state index in [-0.39, 0.29) is 24.0 Å². The van der Waals surface area contributed by atoms with Crippen molar-refractivity contribution in [2.75, 3.05) is 20.3 Å². The van der Waals surface area contributed by atoms with Gasteiger partial charge in [0.15, 0.2) is 0 Å². The van der Waals surface area contributed by atoms with Crippen molar-refractivity contribution < 1.29 is 28.6 Å². The lowest BCUT2D eigenvalue weighted by atomic mass is 9.95. The number of halogens is 1. The van der Waals surface area contributed by atoms with Crippen molar-refractivity contribution in [2.24, 2.45) is 0 Å². The van der Waals surface area contributed by atoms with Crippen LogP contribution in [-0.2, 0) is 14.3 Å². The van der Waals surface area contributed by atoms with Gasteiger partial charge in [-0.25, -0.2) is 4.39 Å². The molecule has 2 heterocycles. The molecule has 30 heavy (non-hydrogen) atoms. The molecule has 2 saturated heterocycles. The summed E-state index contributed by atoms with van der Waals surface area (Å²) in [4.78, 5) is 27.2. The van der Waals surface area contributed by atoms with Crippen LogP contribution in [0.2, 0.25) is 0 Å². The molecule has 0 unspecified atom stereocenters. The number of ketones is 1. The summed E-state index contributed by atoms with van der Waals surface area (Å²) in [6.45, 7) is 0.841. The number of amides is 1. The quantitative estimate of drug-likeness (QED) is 0.463. The van der Waals surface area contributed by atoms with Crippen LogP contribution in [0, 0.1) is 5.82 Å². The summed E-state index contributed by atoms with van der Waals surface area (Å²) >= 11 is 0. The van der Waals surface area contributed by atoms with E-state index in [2.05, 4.69) is 0 Å². The number of Topliss-reactive ketones (excluding diaryl/α,β-unsaturated/α-hetero) is 1. The highest BCUT2D eigenvalue weighted by Gasteiger charge is 2.47. The van der Waals surface area contributed by atoms with Crippen molar-refractivity contribution in [3.05, 3.63) is 71.0 Å². The average molecular weight is 411 g/mol. The van der Waals surface area contributed by atoms with Crippen molar-refractivity contribution in [1.82, 2.24) is 4.90 Å². The summed E-state index contributed by atoms with van der Waals surface area (Å²) in [5, 5.41) is 11.0. The van der Waals surface area contributed by atoms with Gasteiger partial charge in [0, 0.05) is 18.7 Å². The Balaban J connectivity index is 1.80. The van der Waals surface area contributed by atoms with Crippen molar-refractivity contribution >= 4 is 17.4 Å². The first-order valence-corrected chi connectivity index (χ1v) is 9.79. The van der Waals surface area contributed by atoms with Gasteiger partial charge in [-0.05, 0) is 54.8 Å². The second-order valence-corrected chi connectivity index (χ2v) is 7.37. The molecule has 2 atom stereocenters. The molecule has 1 amide bonds. The van der Waals surface area contributed by atoms with E-state index in [0.717, 1.165) is 12.8 Å². The number of aliphatic hydroxyl groups excluding tert-OH is 1. The molecule has 0 bridgehead atoms. The predicted octanol–water partition coefficient (Wildman–Crippen LogP) is 3.44. The van der Waals surface area contributed by atoms with E-state index < -0.39 is 23.5 Å². The fourth-order valence-electron chi connectivity index (χ4n) is 3.97. The molecule has 0 aromatic heterocycles. The maximum Gasteiger partial charge on any atom is 0.295 e. The number of carbonyl (C=O) groups excluding carboxylic acids is 2. The van der Waals surface area contributed by atoms with Crippen LogP contribution in [0.25, 0.3) is 5.76 Å². The van der Waals surface area contributed by atoms with Crippen molar-refractivity contribution in [3.8, 4) is 5.75 Å². The highest BCUT2D eigenvalue weighted by atomic mass is 19.1. The van der Waals surface area contributed by atoms with Gasteiger partial charge in [-0.15, -0.1) is 0 Å². The Hall–Kier alpha value is -3.19. The number of ether oxygens (including phenoxy) is 2. The number of carbonyl (C=O) groups is 2. The highest BCUT2D eigenvalue weighted by molar-refractivity contribution is 6.46. The van der Waals surface area contributed by atoms with E-state index in [0.29, 0.717) is 23.5 Å². The molecule has 2 aliphatic heterocycles. The van der Waals surface area contributed by atoms with E-state index >= 15 is 0 Å². The minimum atomic E-state index is -0.822. The summed E-state index contributed by atoms with van der Waals surface area (Å²) in [5.74, 6) is -1.57. The van der Waals surface area contributed by atoms with E-state index in [1.165, 1.54) is 36.3 Å². The Morgan fingerprint density at radius 2 is 1.87 bits per heavy atom. The van der Waals surface area contributed by atoms with Crippen molar-refractivity contribution in [3.63, 3.8) is 0 Å². The monoisotopic (exact) mass is 411 g/mol. The zero-order valence-electron chi connectivity index (χ0n) is 16.5. The first kappa shape index (κ1) is 20.1. The SMILES string of the molecule is COc1ccc(C(O)=C2C(=O)C(=O)N(C[C@@H]3CCCO3)[C@@H]2c2ccc(F)cc2)cc1. The van der Waals surface area contributed by atoms with Gasteiger partial charge < -0.3 is 19.5 Å². The van der Waals surface area contributed by atoms with Gasteiger partial charge in [0.05, 0.1) is 24.8 Å². The van der Waals surface area contributed by atoms with Crippen LogP contribution in [-0.4, -0.2) is 48.1 Å². The number of likely N-dealkylation sites (tertiary alicyclic amines) is 1. The normalized spacial score (nSPS) is 23.2. The van der Waals surface area contributed by atoms with Gasteiger partial charge in [0.2, 0.25) is 0 Å². The summed E-state index contributed by atoms with van der Waals surface area (Å²) in [6.07, 6.45) is 1.51. The van der Waals surface area contributed by atoms with E-state index in [1.807, 2.05) is 0 Å². The Kier molecular flexibility index (Phi) is 5.55. The van der Waals surface area contributed by atoms with E-state index in [4.69, 9.17) is 9.47 Å². The predicted molar refractivity (Wildman–Crippen MR) is 107 cm³/mol. The largest absolute Gasteiger partial charge is 0.507 e. The fourth-order valence-corrected chi connectivity index (χ4v) is 3.97. The maximum atomic E-state index is 13.5. The minimum Gasteiger partial charge on any atom is -0.507 e. The lowest BCUT2D eigenvalue weighted by Crippen LogP contribution is -2.36. The second kappa shape index (κ2) is 8.28. The maximum absolute atomic E-state index is 13.5. The number of methoxy groups -OCH3 is 1. The van der Waals surface area contributed by atoms with Gasteiger partial charge in [-0.1, -0.05) is 12.1 Å². The smallest absolute Gasteiger partial charge is 0.295 e. The molecule has 0 spiro atoms. The highest BCUT2D eigenvalue weighted by Crippen LogP contribution is 2.40. The third kappa shape index (κ3) is 3.68. The zero-order valence-corrected chi connectivity index (χ0v) is 16.5. The molecule has 2 aromatic carbocycles. The van der Waals surface area contributed by atoms with Crippen LogP contribution in [0.15, 0.2) is 54.1 Å². The van der Waals surface area contributed by atoms with Crippen LogP contribution in [0.3, 0.4) is 0 Å². The lowest BCUT2D eigenvalue weighted by molar-refractivity contribution is -0.140. The van der Waals surface area contributed by atoms with Gasteiger partial charge >= 0.3 is 0 Å². The molecule has 2 aliphatic rings. The number of hydrogen-bond acceptors (Lipinski definition) is 5. The summed E-state index contributed by atoms with van der Waals surface area (Å²) in [7, 11) is 1.53. The average Bonchev–Trinajstić information content (AvgIpc) is 3.36.